The zero-order chi connectivity index (χ0) is 13.0. The molecule has 1 aliphatic rings. The minimum absolute atomic E-state index is 0.186. The van der Waals surface area contributed by atoms with E-state index in [-0.39, 0.29) is 10.6 Å². The van der Waals surface area contributed by atoms with Gasteiger partial charge in [-0.25, -0.2) is 0 Å². The Hall–Kier alpha value is -1.46. The topological polar surface area (TPSA) is 64.4 Å². The fourth-order valence-corrected chi connectivity index (χ4v) is 2.20. The zero-order valence-electron chi connectivity index (χ0n) is 10.5. The van der Waals surface area contributed by atoms with Gasteiger partial charge in [0, 0.05) is 30.8 Å². The van der Waals surface area contributed by atoms with Gasteiger partial charge in [0.2, 0.25) is 0 Å². The minimum atomic E-state index is -0.333. The lowest BCUT2D eigenvalue weighted by atomic mass is 9.89. The summed E-state index contributed by atoms with van der Waals surface area (Å²) in [5.41, 5.74) is 0.924. The van der Waals surface area contributed by atoms with Crippen molar-refractivity contribution in [1.29, 1.82) is 0 Å². The molecule has 1 N–H and O–H groups in total. The first kappa shape index (κ1) is 13.0. The van der Waals surface area contributed by atoms with E-state index < -0.39 is 0 Å². The molecule has 1 aromatic rings. The van der Waals surface area contributed by atoms with Gasteiger partial charge in [-0.05, 0) is 19.8 Å². The van der Waals surface area contributed by atoms with E-state index in [1.54, 1.807) is 18.2 Å². The third kappa shape index (κ3) is 3.05. The molecule has 0 radical (unpaired) electrons. The van der Waals surface area contributed by atoms with Crippen LogP contribution < -0.4 is 5.32 Å². The first-order valence-corrected chi connectivity index (χ1v) is 6.28. The third-order valence-corrected chi connectivity index (χ3v) is 3.27. The highest BCUT2D eigenvalue weighted by atomic mass is 16.6. The second-order valence-corrected chi connectivity index (χ2v) is 4.51. The average molecular weight is 250 g/mol. The van der Waals surface area contributed by atoms with Crippen molar-refractivity contribution in [3.63, 3.8) is 0 Å². The Balaban J connectivity index is 1.83. The van der Waals surface area contributed by atoms with Crippen molar-refractivity contribution in [3.8, 4) is 0 Å². The van der Waals surface area contributed by atoms with Crippen LogP contribution in [0.1, 0.15) is 25.3 Å². The minimum Gasteiger partial charge on any atom is -0.378 e. The summed E-state index contributed by atoms with van der Waals surface area (Å²) in [7, 11) is 0. The molecule has 1 saturated carbocycles. The molecule has 5 nitrogen and oxygen atoms in total. The number of nitrogens with zero attached hydrogens (tertiary/aromatic N) is 1. The van der Waals surface area contributed by atoms with Gasteiger partial charge in [0.15, 0.2) is 0 Å². The van der Waals surface area contributed by atoms with E-state index in [1.807, 2.05) is 13.0 Å². The summed E-state index contributed by atoms with van der Waals surface area (Å²) < 4.78 is 5.47. The average Bonchev–Trinajstić information content (AvgIpc) is 2.32. The Kier molecular flexibility index (Phi) is 4.28. The van der Waals surface area contributed by atoms with Gasteiger partial charge in [-0.15, -0.1) is 0 Å². The molecular weight excluding hydrogens is 232 g/mol. The summed E-state index contributed by atoms with van der Waals surface area (Å²) >= 11 is 0. The van der Waals surface area contributed by atoms with Gasteiger partial charge in [0.25, 0.3) is 5.69 Å². The maximum atomic E-state index is 10.8. The summed E-state index contributed by atoms with van der Waals surface area (Å²) in [6.07, 6.45) is 2.35. The Morgan fingerprint density at radius 1 is 1.44 bits per heavy atom. The van der Waals surface area contributed by atoms with E-state index >= 15 is 0 Å². The molecule has 0 aliphatic heterocycles. The number of nitro benzene ring substituents is 1. The van der Waals surface area contributed by atoms with E-state index in [2.05, 4.69) is 5.32 Å². The van der Waals surface area contributed by atoms with Gasteiger partial charge in [-0.2, -0.15) is 0 Å². The molecule has 0 atom stereocenters. The molecule has 1 aliphatic carbocycles. The molecule has 0 heterocycles. The number of rotatable bonds is 6. The van der Waals surface area contributed by atoms with E-state index in [9.17, 15) is 10.1 Å². The van der Waals surface area contributed by atoms with Gasteiger partial charge in [0.05, 0.1) is 11.0 Å². The smallest absolute Gasteiger partial charge is 0.273 e. The van der Waals surface area contributed by atoms with Crippen LogP contribution in [-0.4, -0.2) is 23.7 Å². The lowest BCUT2D eigenvalue weighted by molar-refractivity contribution is -0.385. The van der Waals surface area contributed by atoms with Crippen LogP contribution in [0.3, 0.4) is 0 Å². The first-order valence-electron chi connectivity index (χ1n) is 6.28. The maximum Gasteiger partial charge on any atom is 0.273 e. The van der Waals surface area contributed by atoms with Crippen LogP contribution in [0.2, 0.25) is 0 Å². The van der Waals surface area contributed by atoms with Crippen LogP contribution in [0.15, 0.2) is 24.3 Å². The van der Waals surface area contributed by atoms with Gasteiger partial charge in [-0.1, -0.05) is 18.2 Å². The molecule has 5 heteroatoms. The number of nitrogens with one attached hydrogen (secondary N) is 1. The fourth-order valence-electron chi connectivity index (χ4n) is 2.20. The molecule has 1 aromatic carbocycles. The summed E-state index contributed by atoms with van der Waals surface area (Å²) in [4.78, 5) is 10.5. The van der Waals surface area contributed by atoms with Crippen LogP contribution in [0.25, 0.3) is 0 Å². The number of para-hydroxylation sites is 1. The van der Waals surface area contributed by atoms with Crippen LogP contribution in [-0.2, 0) is 11.3 Å². The molecule has 18 heavy (non-hydrogen) atoms. The Morgan fingerprint density at radius 3 is 2.83 bits per heavy atom. The molecule has 0 bridgehead atoms. The number of benzene rings is 1. The lowest BCUT2D eigenvalue weighted by Crippen LogP contribution is -2.45. The van der Waals surface area contributed by atoms with Crippen molar-refractivity contribution in [2.24, 2.45) is 0 Å². The summed E-state index contributed by atoms with van der Waals surface area (Å²) in [6, 6.07) is 7.27. The Morgan fingerprint density at radius 2 is 2.17 bits per heavy atom. The van der Waals surface area contributed by atoms with E-state index in [1.165, 1.54) is 0 Å². The van der Waals surface area contributed by atoms with Crippen molar-refractivity contribution in [1.82, 2.24) is 5.32 Å². The quantitative estimate of drug-likeness (QED) is 0.621. The van der Waals surface area contributed by atoms with Crippen molar-refractivity contribution in [3.05, 3.63) is 39.9 Å². The van der Waals surface area contributed by atoms with Crippen LogP contribution in [0.5, 0.6) is 0 Å². The predicted octanol–water partition coefficient (Wildman–Crippen LogP) is 2.25. The summed E-state index contributed by atoms with van der Waals surface area (Å²) in [5, 5.41) is 14.2. The van der Waals surface area contributed by atoms with Crippen LogP contribution in [0.4, 0.5) is 5.69 Å². The standard InChI is InChI=1S/C13H18N2O3/c1-2-18-12-7-11(8-12)14-9-10-5-3-4-6-13(10)15(16)17/h3-6,11-12,14H,2,7-9H2,1H3. The van der Waals surface area contributed by atoms with Crippen molar-refractivity contribution in [2.75, 3.05) is 6.61 Å². The maximum absolute atomic E-state index is 10.8. The summed E-state index contributed by atoms with van der Waals surface area (Å²) in [5.74, 6) is 0. The molecule has 0 spiro atoms. The second kappa shape index (κ2) is 5.93. The highest BCUT2D eigenvalue weighted by Crippen LogP contribution is 2.24. The van der Waals surface area contributed by atoms with E-state index in [0.717, 1.165) is 25.0 Å². The van der Waals surface area contributed by atoms with Gasteiger partial charge >= 0.3 is 0 Å². The van der Waals surface area contributed by atoms with Crippen LogP contribution in [0, 0.1) is 10.1 Å². The molecule has 0 amide bonds. The monoisotopic (exact) mass is 250 g/mol. The number of hydrogen-bond acceptors (Lipinski definition) is 4. The lowest BCUT2D eigenvalue weighted by Gasteiger charge is -2.35. The Bertz CT molecular complexity index is 416. The molecule has 0 saturated heterocycles. The van der Waals surface area contributed by atoms with Crippen molar-refractivity contribution < 1.29 is 9.66 Å². The van der Waals surface area contributed by atoms with Gasteiger partial charge in [-0.3, -0.25) is 10.1 Å². The fraction of sp³-hybridized carbons (Fsp3) is 0.538. The van der Waals surface area contributed by atoms with Crippen molar-refractivity contribution in [2.45, 2.75) is 38.5 Å². The first-order chi connectivity index (χ1) is 8.70. The molecule has 0 unspecified atom stereocenters. The molecule has 1 fully saturated rings. The molecular formula is C13H18N2O3. The second-order valence-electron chi connectivity index (χ2n) is 4.51. The number of ether oxygens (including phenoxy) is 1. The predicted molar refractivity (Wildman–Crippen MR) is 68.4 cm³/mol. The van der Waals surface area contributed by atoms with Gasteiger partial charge in [0.1, 0.15) is 0 Å². The van der Waals surface area contributed by atoms with E-state index in [0.29, 0.717) is 18.7 Å². The summed E-state index contributed by atoms with van der Waals surface area (Å²) in [6.45, 7) is 3.29. The third-order valence-electron chi connectivity index (χ3n) is 3.27. The largest absolute Gasteiger partial charge is 0.378 e. The molecule has 98 valence electrons. The highest BCUT2D eigenvalue weighted by Gasteiger charge is 2.29. The molecule has 0 aromatic heterocycles. The van der Waals surface area contributed by atoms with Crippen LogP contribution >= 0.6 is 0 Å². The number of hydrogen-bond donors (Lipinski definition) is 1. The molecule has 2 rings (SSSR count). The van der Waals surface area contributed by atoms with Gasteiger partial charge < -0.3 is 10.1 Å². The zero-order valence-corrected chi connectivity index (χ0v) is 10.5. The normalized spacial score (nSPS) is 22.5. The Labute approximate surface area is 106 Å². The SMILES string of the molecule is CCOC1CC(NCc2ccccc2[N+](=O)[O-])C1. The van der Waals surface area contributed by atoms with E-state index in [4.69, 9.17) is 4.74 Å². The number of nitro groups is 1. The van der Waals surface area contributed by atoms with Crippen molar-refractivity contribution >= 4 is 5.69 Å². The highest BCUT2D eigenvalue weighted by molar-refractivity contribution is 5.39.